The molecule has 2 aromatic heterocycles. The molecule has 0 unspecified atom stereocenters. The lowest BCUT2D eigenvalue weighted by atomic mass is 10.5. The van der Waals surface area contributed by atoms with E-state index in [4.69, 9.17) is 5.73 Å². The van der Waals surface area contributed by atoms with Gasteiger partial charge in [-0.1, -0.05) is 0 Å². The Hall–Kier alpha value is -0.850. The van der Waals surface area contributed by atoms with E-state index in [2.05, 4.69) is 32.7 Å². The summed E-state index contributed by atoms with van der Waals surface area (Å²) < 4.78 is 2.68. The minimum Gasteiger partial charge on any atom is -0.382 e. The molecule has 0 aliphatic carbocycles. The van der Waals surface area contributed by atoms with E-state index < -0.39 is 0 Å². The van der Waals surface area contributed by atoms with Crippen LogP contribution in [0.5, 0.6) is 0 Å². The summed E-state index contributed by atoms with van der Waals surface area (Å²) in [6.45, 7) is 1.90. The van der Waals surface area contributed by atoms with Crippen LogP contribution >= 0.6 is 22.6 Å². The lowest BCUT2D eigenvalue weighted by molar-refractivity contribution is 0.882. The van der Waals surface area contributed by atoms with Crippen molar-refractivity contribution in [2.24, 2.45) is 0 Å². The highest BCUT2D eigenvalue weighted by Crippen LogP contribution is 2.12. The van der Waals surface area contributed by atoms with Crippen molar-refractivity contribution in [3.63, 3.8) is 0 Å². The Bertz CT molecular complexity index is 434. The monoisotopic (exact) mass is 274 g/mol. The number of rotatable bonds is 0. The highest BCUT2D eigenvalue weighted by Gasteiger charge is 2.04. The Morgan fingerprint density at radius 2 is 2.25 bits per heavy atom. The summed E-state index contributed by atoms with van der Waals surface area (Å²) in [6.07, 6.45) is 0. The van der Waals surface area contributed by atoms with E-state index in [1.54, 1.807) is 4.52 Å². The predicted molar refractivity (Wildman–Crippen MR) is 54.9 cm³/mol. The van der Waals surface area contributed by atoms with Crippen molar-refractivity contribution >= 4 is 34.1 Å². The SMILES string of the molecule is Cc1c(N)nc2ccc(I)nn12. The smallest absolute Gasteiger partial charge is 0.156 e. The Morgan fingerprint density at radius 3 is 3.00 bits per heavy atom. The molecule has 2 rings (SSSR count). The van der Waals surface area contributed by atoms with Crippen LogP contribution in [0.2, 0.25) is 0 Å². The molecule has 0 saturated carbocycles. The van der Waals surface area contributed by atoms with Crippen LogP contribution in [0.25, 0.3) is 5.65 Å². The van der Waals surface area contributed by atoms with Crippen molar-refractivity contribution in [1.82, 2.24) is 14.6 Å². The first-order valence-electron chi connectivity index (χ1n) is 3.46. The van der Waals surface area contributed by atoms with Gasteiger partial charge in [-0.3, -0.25) is 0 Å². The number of nitrogens with zero attached hydrogens (tertiary/aromatic N) is 3. The van der Waals surface area contributed by atoms with Crippen molar-refractivity contribution in [2.45, 2.75) is 6.92 Å². The van der Waals surface area contributed by atoms with Gasteiger partial charge in [-0.15, -0.1) is 0 Å². The standard InChI is InChI=1S/C7H7IN4/c1-4-7(9)10-6-3-2-5(8)11-12(4)6/h2-3H,9H2,1H3. The van der Waals surface area contributed by atoms with Gasteiger partial charge in [0.2, 0.25) is 0 Å². The number of imidazole rings is 1. The first-order chi connectivity index (χ1) is 5.68. The predicted octanol–water partition coefficient (Wildman–Crippen LogP) is 1.22. The fraction of sp³-hybridized carbons (Fsp3) is 0.143. The van der Waals surface area contributed by atoms with Crippen molar-refractivity contribution < 1.29 is 0 Å². The number of nitrogens with two attached hydrogens (primary N) is 1. The summed E-state index contributed by atoms with van der Waals surface area (Å²) >= 11 is 2.15. The Labute approximate surface area is 82.9 Å². The second-order valence-corrected chi connectivity index (χ2v) is 3.61. The maximum atomic E-state index is 5.63. The number of aromatic nitrogens is 3. The van der Waals surface area contributed by atoms with Gasteiger partial charge in [0.25, 0.3) is 0 Å². The van der Waals surface area contributed by atoms with Crippen LogP contribution in [0.15, 0.2) is 12.1 Å². The third-order valence-electron chi connectivity index (χ3n) is 1.71. The number of hydrogen-bond acceptors (Lipinski definition) is 3. The fourth-order valence-electron chi connectivity index (χ4n) is 1.04. The topological polar surface area (TPSA) is 56.2 Å². The average Bonchev–Trinajstić information content (AvgIpc) is 2.31. The number of fused-ring (bicyclic) bond motifs is 1. The van der Waals surface area contributed by atoms with Crippen LogP contribution in [-0.2, 0) is 0 Å². The van der Waals surface area contributed by atoms with Gasteiger partial charge in [0.05, 0.1) is 5.69 Å². The first-order valence-corrected chi connectivity index (χ1v) is 4.54. The number of aryl methyl sites for hydroxylation is 1. The van der Waals surface area contributed by atoms with Gasteiger partial charge in [0, 0.05) is 0 Å². The van der Waals surface area contributed by atoms with E-state index in [0.717, 1.165) is 15.0 Å². The van der Waals surface area contributed by atoms with Crippen LogP contribution in [0.4, 0.5) is 5.82 Å². The van der Waals surface area contributed by atoms with Gasteiger partial charge in [-0.05, 0) is 41.6 Å². The molecule has 12 heavy (non-hydrogen) atoms. The van der Waals surface area contributed by atoms with E-state index in [-0.39, 0.29) is 0 Å². The molecule has 0 aliphatic rings. The fourth-order valence-corrected chi connectivity index (χ4v) is 1.43. The summed E-state index contributed by atoms with van der Waals surface area (Å²) in [5.41, 5.74) is 7.32. The van der Waals surface area contributed by atoms with Gasteiger partial charge < -0.3 is 5.73 Å². The van der Waals surface area contributed by atoms with E-state index in [1.165, 1.54) is 0 Å². The molecular formula is C7H7IN4. The molecule has 0 amide bonds. The number of halogens is 1. The van der Waals surface area contributed by atoms with Crippen molar-refractivity contribution in [3.05, 3.63) is 21.5 Å². The third-order valence-corrected chi connectivity index (χ3v) is 2.28. The Morgan fingerprint density at radius 1 is 1.50 bits per heavy atom. The zero-order valence-corrected chi connectivity index (χ0v) is 8.61. The molecule has 62 valence electrons. The molecular weight excluding hydrogens is 267 g/mol. The molecule has 0 bridgehead atoms. The molecule has 2 heterocycles. The molecule has 2 aromatic rings. The van der Waals surface area contributed by atoms with Crippen LogP contribution in [0.3, 0.4) is 0 Å². The van der Waals surface area contributed by atoms with E-state index in [0.29, 0.717) is 5.82 Å². The molecule has 0 radical (unpaired) electrons. The number of nitrogen functional groups attached to an aromatic ring is 1. The van der Waals surface area contributed by atoms with E-state index in [1.807, 2.05) is 19.1 Å². The quantitative estimate of drug-likeness (QED) is 0.735. The van der Waals surface area contributed by atoms with Gasteiger partial charge in [0.1, 0.15) is 9.52 Å². The second-order valence-electron chi connectivity index (χ2n) is 2.51. The molecule has 4 nitrogen and oxygen atoms in total. The number of hydrogen-bond donors (Lipinski definition) is 1. The summed E-state index contributed by atoms with van der Waals surface area (Å²) in [5.74, 6) is 0.546. The van der Waals surface area contributed by atoms with Crippen molar-refractivity contribution in [3.8, 4) is 0 Å². The molecule has 0 spiro atoms. The summed E-state index contributed by atoms with van der Waals surface area (Å²) in [7, 11) is 0. The highest BCUT2D eigenvalue weighted by atomic mass is 127. The van der Waals surface area contributed by atoms with E-state index >= 15 is 0 Å². The molecule has 0 saturated heterocycles. The first kappa shape index (κ1) is 7.78. The van der Waals surface area contributed by atoms with Gasteiger partial charge >= 0.3 is 0 Å². The van der Waals surface area contributed by atoms with E-state index in [9.17, 15) is 0 Å². The van der Waals surface area contributed by atoms with Gasteiger partial charge in [-0.2, -0.15) is 5.10 Å². The van der Waals surface area contributed by atoms with Crippen molar-refractivity contribution in [1.29, 1.82) is 0 Å². The Kier molecular flexibility index (Phi) is 1.67. The molecule has 5 heteroatoms. The minimum atomic E-state index is 0.546. The van der Waals surface area contributed by atoms with Crippen LogP contribution in [0, 0.1) is 10.6 Å². The van der Waals surface area contributed by atoms with Crippen LogP contribution in [-0.4, -0.2) is 14.6 Å². The van der Waals surface area contributed by atoms with Gasteiger partial charge in [0.15, 0.2) is 5.65 Å². The van der Waals surface area contributed by atoms with Crippen molar-refractivity contribution in [2.75, 3.05) is 5.73 Å². The maximum Gasteiger partial charge on any atom is 0.156 e. The zero-order chi connectivity index (χ0) is 8.72. The zero-order valence-electron chi connectivity index (χ0n) is 6.45. The summed E-state index contributed by atoms with van der Waals surface area (Å²) in [5, 5.41) is 4.26. The molecule has 0 atom stereocenters. The highest BCUT2D eigenvalue weighted by molar-refractivity contribution is 14.1. The molecule has 0 aromatic carbocycles. The average molecular weight is 274 g/mol. The molecule has 0 aliphatic heterocycles. The third kappa shape index (κ3) is 1.04. The van der Waals surface area contributed by atoms with Crippen LogP contribution in [0.1, 0.15) is 5.69 Å². The lowest BCUT2D eigenvalue weighted by Crippen LogP contribution is -1.96. The van der Waals surface area contributed by atoms with Crippen LogP contribution < -0.4 is 5.73 Å². The normalized spacial score (nSPS) is 10.8. The number of anilines is 1. The largest absolute Gasteiger partial charge is 0.382 e. The minimum absolute atomic E-state index is 0.546. The molecule has 0 fully saturated rings. The lowest BCUT2D eigenvalue weighted by Gasteiger charge is -1.94. The van der Waals surface area contributed by atoms with Gasteiger partial charge in [-0.25, -0.2) is 9.50 Å². The summed E-state index contributed by atoms with van der Waals surface area (Å²) in [4.78, 5) is 4.13. The second kappa shape index (κ2) is 2.58. The maximum absolute atomic E-state index is 5.63. The summed E-state index contributed by atoms with van der Waals surface area (Å²) in [6, 6.07) is 3.81. The molecule has 2 N–H and O–H groups in total. The Balaban J connectivity index is 2.88.